The van der Waals surface area contributed by atoms with Crippen LogP contribution in [-0.4, -0.2) is 11.1 Å². The van der Waals surface area contributed by atoms with Gasteiger partial charge in [0.05, 0.1) is 6.10 Å². The predicted molar refractivity (Wildman–Crippen MR) is 74.1 cm³/mol. The normalized spacial score (nSPS) is 15.9. The van der Waals surface area contributed by atoms with Gasteiger partial charge in [0, 0.05) is 11.6 Å². The zero-order valence-corrected chi connectivity index (χ0v) is 11.2. The topological polar surface area (TPSA) is 22.1 Å². The predicted octanol–water partition coefficient (Wildman–Crippen LogP) is 4.07. The van der Waals surface area contributed by atoms with E-state index < -0.39 is 0 Å². The number of benzene rings is 1. The third-order valence-corrected chi connectivity index (χ3v) is 3.35. The van der Waals surface area contributed by atoms with E-state index in [0.29, 0.717) is 6.10 Å². The van der Waals surface area contributed by atoms with Crippen LogP contribution in [0.2, 0.25) is 0 Å². The molecule has 0 N–H and O–H groups in total. The van der Waals surface area contributed by atoms with Crippen LogP contribution in [0.4, 0.5) is 0 Å². The lowest BCUT2D eigenvalue weighted by molar-refractivity contribution is 0.305. The quantitative estimate of drug-likeness (QED) is 0.790. The second-order valence-electron chi connectivity index (χ2n) is 6.12. The fraction of sp³-hybridized carbons (Fsp3) is 0.438. The molecule has 3 rings (SSSR count). The Labute approximate surface area is 108 Å². The van der Waals surface area contributed by atoms with E-state index in [9.17, 15) is 0 Å². The fourth-order valence-corrected chi connectivity index (χ4v) is 2.05. The van der Waals surface area contributed by atoms with E-state index in [2.05, 4.69) is 44.0 Å². The summed E-state index contributed by atoms with van der Waals surface area (Å²) in [5.41, 5.74) is 2.42. The van der Waals surface area contributed by atoms with Gasteiger partial charge in [0.15, 0.2) is 0 Å². The van der Waals surface area contributed by atoms with Crippen LogP contribution in [0.25, 0.3) is 10.9 Å². The van der Waals surface area contributed by atoms with Crippen molar-refractivity contribution in [2.24, 2.45) is 0 Å². The summed E-state index contributed by atoms with van der Waals surface area (Å²) in [4.78, 5) is 4.46. The first-order valence-electron chi connectivity index (χ1n) is 6.60. The van der Waals surface area contributed by atoms with Crippen molar-refractivity contribution < 1.29 is 4.74 Å². The maximum Gasteiger partial charge on any atom is 0.146 e. The highest BCUT2D eigenvalue weighted by Crippen LogP contribution is 2.35. The molecule has 1 aromatic heterocycles. The molecule has 1 aliphatic rings. The van der Waals surface area contributed by atoms with E-state index >= 15 is 0 Å². The lowest BCUT2D eigenvalue weighted by Crippen LogP contribution is -2.11. The number of hydrogen-bond donors (Lipinski definition) is 0. The molecule has 1 heterocycles. The number of pyridine rings is 1. The van der Waals surface area contributed by atoms with Crippen LogP contribution in [0, 0.1) is 0 Å². The molecule has 18 heavy (non-hydrogen) atoms. The molecule has 0 aliphatic heterocycles. The molecule has 1 fully saturated rings. The number of aromatic nitrogens is 1. The number of ether oxygens (including phenoxy) is 1. The fourth-order valence-electron chi connectivity index (χ4n) is 2.05. The summed E-state index contributed by atoms with van der Waals surface area (Å²) in [5.74, 6) is 0.945. The van der Waals surface area contributed by atoms with Crippen LogP contribution < -0.4 is 4.74 Å². The molecular formula is C16H19NO. The Hall–Kier alpha value is -1.57. The number of rotatable bonds is 2. The molecule has 0 spiro atoms. The molecule has 0 unspecified atom stereocenters. The van der Waals surface area contributed by atoms with Crippen molar-refractivity contribution in [1.82, 2.24) is 4.98 Å². The second-order valence-corrected chi connectivity index (χ2v) is 6.12. The molecular weight excluding hydrogens is 222 g/mol. The maximum absolute atomic E-state index is 6.01. The molecule has 1 aromatic carbocycles. The molecule has 0 saturated heterocycles. The molecule has 2 aromatic rings. The van der Waals surface area contributed by atoms with Crippen LogP contribution in [0.5, 0.6) is 5.75 Å². The summed E-state index contributed by atoms with van der Waals surface area (Å²) in [5, 5.41) is 1.17. The molecule has 94 valence electrons. The van der Waals surface area contributed by atoms with Gasteiger partial charge < -0.3 is 4.74 Å². The monoisotopic (exact) mass is 241 g/mol. The molecule has 0 radical (unpaired) electrons. The van der Waals surface area contributed by atoms with Gasteiger partial charge in [-0.1, -0.05) is 26.8 Å². The van der Waals surface area contributed by atoms with E-state index in [0.717, 1.165) is 11.3 Å². The Morgan fingerprint density at radius 2 is 2.00 bits per heavy atom. The van der Waals surface area contributed by atoms with Gasteiger partial charge in [-0.05, 0) is 42.0 Å². The van der Waals surface area contributed by atoms with E-state index in [1.54, 1.807) is 0 Å². The van der Waals surface area contributed by atoms with Gasteiger partial charge in [0.1, 0.15) is 11.3 Å². The Morgan fingerprint density at radius 1 is 1.22 bits per heavy atom. The highest BCUT2D eigenvalue weighted by atomic mass is 16.5. The number of hydrogen-bond acceptors (Lipinski definition) is 2. The molecule has 1 aliphatic carbocycles. The first kappa shape index (κ1) is 11.5. The van der Waals surface area contributed by atoms with Crippen LogP contribution in [0.3, 0.4) is 0 Å². The largest absolute Gasteiger partial charge is 0.488 e. The van der Waals surface area contributed by atoms with Gasteiger partial charge >= 0.3 is 0 Å². The molecule has 2 nitrogen and oxygen atoms in total. The lowest BCUT2D eigenvalue weighted by atomic mass is 9.86. The highest BCUT2D eigenvalue weighted by Gasteiger charge is 2.25. The second kappa shape index (κ2) is 3.98. The van der Waals surface area contributed by atoms with Gasteiger partial charge in [0.25, 0.3) is 0 Å². The number of nitrogens with zero attached hydrogens (tertiary/aromatic N) is 1. The molecule has 0 amide bonds. The first-order chi connectivity index (χ1) is 8.54. The summed E-state index contributed by atoms with van der Waals surface area (Å²) in [6, 6.07) is 8.47. The highest BCUT2D eigenvalue weighted by molar-refractivity contribution is 5.85. The Morgan fingerprint density at radius 3 is 2.67 bits per heavy atom. The molecule has 1 saturated carbocycles. The molecule has 0 atom stereocenters. The zero-order chi connectivity index (χ0) is 12.8. The van der Waals surface area contributed by atoms with E-state index in [4.69, 9.17) is 4.74 Å². The minimum Gasteiger partial charge on any atom is -0.488 e. The Bertz CT molecular complexity index is 579. The van der Waals surface area contributed by atoms with Crippen molar-refractivity contribution >= 4 is 10.9 Å². The maximum atomic E-state index is 6.01. The zero-order valence-electron chi connectivity index (χ0n) is 11.2. The van der Waals surface area contributed by atoms with Crippen LogP contribution in [-0.2, 0) is 5.41 Å². The van der Waals surface area contributed by atoms with Gasteiger partial charge in [-0.3, -0.25) is 4.98 Å². The summed E-state index contributed by atoms with van der Waals surface area (Å²) >= 11 is 0. The third-order valence-electron chi connectivity index (χ3n) is 3.35. The van der Waals surface area contributed by atoms with Crippen LogP contribution in [0.15, 0.2) is 30.5 Å². The van der Waals surface area contributed by atoms with Crippen LogP contribution >= 0.6 is 0 Å². The van der Waals surface area contributed by atoms with Gasteiger partial charge in [-0.2, -0.15) is 0 Å². The third kappa shape index (κ3) is 2.20. The molecule has 2 heteroatoms. The van der Waals surface area contributed by atoms with Crippen molar-refractivity contribution in [2.45, 2.75) is 45.1 Å². The van der Waals surface area contributed by atoms with Crippen molar-refractivity contribution in [3.8, 4) is 5.75 Å². The van der Waals surface area contributed by atoms with E-state index in [-0.39, 0.29) is 5.41 Å². The standard InChI is InChI=1S/C16H19NO/c1-16(2,3)12-9-11-5-4-8-17-15(11)14(10-12)18-13-6-7-13/h4-5,8-10,13H,6-7H2,1-3H3. The van der Waals surface area contributed by atoms with Crippen LogP contribution in [0.1, 0.15) is 39.2 Å². The minimum absolute atomic E-state index is 0.131. The summed E-state index contributed by atoms with van der Waals surface area (Å²) in [6.45, 7) is 6.68. The van der Waals surface area contributed by atoms with Gasteiger partial charge in [0.2, 0.25) is 0 Å². The lowest BCUT2D eigenvalue weighted by Gasteiger charge is -2.21. The summed E-state index contributed by atoms with van der Waals surface area (Å²) < 4.78 is 6.01. The smallest absolute Gasteiger partial charge is 0.146 e. The minimum atomic E-state index is 0.131. The van der Waals surface area contributed by atoms with Gasteiger partial charge in [-0.15, -0.1) is 0 Å². The van der Waals surface area contributed by atoms with Crippen molar-refractivity contribution in [3.63, 3.8) is 0 Å². The first-order valence-corrected chi connectivity index (χ1v) is 6.60. The summed E-state index contributed by atoms with van der Waals surface area (Å²) in [6.07, 6.45) is 4.59. The summed E-state index contributed by atoms with van der Waals surface area (Å²) in [7, 11) is 0. The molecule has 0 bridgehead atoms. The van der Waals surface area contributed by atoms with Crippen molar-refractivity contribution in [1.29, 1.82) is 0 Å². The average Bonchev–Trinajstić information content (AvgIpc) is 3.11. The van der Waals surface area contributed by atoms with E-state index in [1.807, 2.05) is 12.3 Å². The SMILES string of the molecule is CC(C)(C)c1cc(OC2CC2)c2ncccc2c1. The van der Waals surface area contributed by atoms with Crippen molar-refractivity contribution in [3.05, 3.63) is 36.0 Å². The average molecular weight is 241 g/mol. The van der Waals surface area contributed by atoms with Crippen molar-refractivity contribution in [2.75, 3.05) is 0 Å². The number of fused-ring (bicyclic) bond motifs is 1. The van der Waals surface area contributed by atoms with Gasteiger partial charge in [-0.25, -0.2) is 0 Å². The van der Waals surface area contributed by atoms with E-state index in [1.165, 1.54) is 23.8 Å². The Balaban J connectivity index is 2.16. The Kier molecular flexibility index (Phi) is 2.54.